The van der Waals surface area contributed by atoms with Gasteiger partial charge in [-0.05, 0) is 38.8 Å². The molecule has 2 saturated heterocycles. The quantitative estimate of drug-likeness (QED) is 0.742. The average Bonchev–Trinajstić information content (AvgIpc) is 2.65. The van der Waals surface area contributed by atoms with Gasteiger partial charge in [-0.2, -0.15) is 0 Å². The van der Waals surface area contributed by atoms with Crippen LogP contribution in [0.2, 0.25) is 0 Å². The molecule has 2 fully saturated rings. The van der Waals surface area contributed by atoms with Gasteiger partial charge in [0.1, 0.15) is 0 Å². The summed E-state index contributed by atoms with van der Waals surface area (Å²) in [5.41, 5.74) is 0.0839. The average molecular weight is 212 g/mol. The molecule has 0 aromatic heterocycles. The van der Waals surface area contributed by atoms with E-state index < -0.39 is 0 Å². The molecule has 2 heterocycles. The number of piperidine rings is 1. The van der Waals surface area contributed by atoms with E-state index in [0.717, 1.165) is 25.0 Å². The topological polar surface area (TPSA) is 24.5 Å². The van der Waals surface area contributed by atoms with Crippen molar-refractivity contribution in [3.8, 4) is 0 Å². The highest BCUT2D eigenvalue weighted by Gasteiger charge is 2.37. The Hall–Kier alpha value is -0.120. The lowest BCUT2D eigenvalue weighted by molar-refractivity contribution is -0.0626. The Labute approximate surface area is 93.2 Å². The van der Waals surface area contributed by atoms with Gasteiger partial charge in [0.05, 0.1) is 5.60 Å². The van der Waals surface area contributed by atoms with Crippen molar-refractivity contribution in [2.75, 3.05) is 33.3 Å². The zero-order valence-electron chi connectivity index (χ0n) is 10.3. The number of likely N-dealkylation sites (tertiary alicyclic amines) is 1. The molecule has 0 aromatic carbocycles. The van der Waals surface area contributed by atoms with E-state index in [4.69, 9.17) is 4.74 Å². The maximum absolute atomic E-state index is 5.64. The Balaban J connectivity index is 1.97. The fourth-order valence-corrected chi connectivity index (χ4v) is 2.98. The Morgan fingerprint density at radius 2 is 2.20 bits per heavy atom. The number of nitrogens with zero attached hydrogens (tertiary/aromatic N) is 1. The molecule has 0 amide bonds. The molecule has 2 aliphatic rings. The van der Waals surface area contributed by atoms with E-state index in [9.17, 15) is 0 Å². The summed E-state index contributed by atoms with van der Waals surface area (Å²) in [6.07, 6.45) is 2.47. The lowest BCUT2D eigenvalue weighted by Crippen LogP contribution is -2.53. The lowest BCUT2D eigenvalue weighted by Gasteiger charge is -2.43. The molecule has 3 heteroatoms. The van der Waals surface area contributed by atoms with Crippen LogP contribution in [0, 0.1) is 5.92 Å². The molecule has 3 unspecified atom stereocenters. The third kappa shape index (κ3) is 2.35. The Morgan fingerprint density at radius 3 is 2.80 bits per heavy atom. The largest absolute Gasteiger partial charge is 0.377 e. The van der Waals surface area contributed by atoms with Crippen LogP contribution in [-0.2, 0) is 4.74 Å². The molecular formula is C12H24N2O. The first kappa shape index (κ1) is 11.4. The molecule has 0 spiro atoms. The minimum absolute atomic E-state index is 0.0839. The molecule has 2 aliphatic heterocycles. The number of hydrogen-bond donors (Lipinski definition) is 1. The first-order valence-corrected chi connectivity index (χ1v) is 6.14. The van der Waals surface area contributed by atoms with Gasteiger partial charge in [-0.15, -0.1) is 0 Å². The molecule has 3 nitrogen and oxygen atoms in total. The summed E-state index contributed by atoms with van der Waals surface area (Å²) in [7, 11) is 1.85. The summed E-state index contributed by atoms with van der Waals surface area (Å²) in [5, 5.41) is 3.48. The van der Waals surface area contributed by atoms with Crippen molar-refractivity contribution in [3.63, 3.8) is 0 Å². The Bertz CT molecular complexity index is 222. The molecular weight excluding hydrogens is 188 g/mol. The van der Waals surface area contributed by atoms with E-state index in [2.05, 4.69) is 24.1 Å². The van der Waals surface area contributed by atoms with Crippen molar-refractivity contribution in [2.24, 2.45) is 5.92 Å². The van der Waals surface area contributed by atoms with Crippen LogP contribution in [0.25, 0.3) is 0 Å². The first-order valence-electron chi connectivity index (χ1n) is 6.14. The predicted molar refractivity (Wildman–Crippen MR) is 62.0 cm³/mol. The van der Waals surface area contributed by atoms with E-state index in [1.165, 1.54) is 25.9 Å². The second kappa shape index (κ2) is 4.40. The smallest absolute Gasteiger partial charge is 0.0777 e. The maximum Gasteiger partial charge on any atom is 0.0777 e. The van der Waals surface area contributed by atoms with Gasteiger partial charge in [0, 0.05) is 26.2 Å². The van der Waals surface area contributed by atoms with Gasteiger partial charge >= 0.3 is 0 Å². The summed E-state index contributed by atoms with van der Waals surface area (Å²) < 4.78 is 5.64. The Kier molecular flexibility index (Phi) is 3.33. The van der Waals surface area contributed by atoms with Crippen LogP contribution in [0.1, 0.15) is 26.7 Å². The summed E-state index contributed by atoms with van der Waals surface area (Å²) in [6.45, 7) is 9.26. The molecule has 0 radical (unpaired) electrons. The summed E-state index contributed by atoms with van der Waals surface area (Å²) >= 11 is 0. The normalized spacial score (nSPS) is 43.4. The van der Waals surface area contributed by atoms with Crippen molar-refractivity contribution in [1.29, 1.82) is 0 Å². The van der Waals surface area contributed by atoms with Gasteiger partial charge in [0.15, 0.2) is 0 Å². The SMILES string of the molecule is COC1(C)CCCN(C2CNCC2C)C1. The molecule has 3 atom stereocenters. The molecule has 0 bridgehead atoms. The Morgan fingerprint density at radius 1 is 1.40 bits per heavy atom. The second-order valence-corrected chi connectivity index (χ2v) is 5.43. The monoisotopic (exact) mass is 212 g/mol. The molecule has 2 rings (SSSR count). The van der Waals surface area contributed by atoms with Crippen molar-refractivity contribution < 1.29 is 4.74 Å². The zero-order valence-corrected chi connectivity index (χ0v) is 10.3. The number of nitrogens with one attached hydrogen (secondary N) is 1. The highest BCUT2D eigenvalue weighted by Crippen LogP contribution is 2.27. The zero-order chi connectivity index (χ0) is 10.9. The highest BCUT2D eigenvalue weighted by molar-refractivity contribution is 4.93. The second-order valence-electron chi connectivity index (χ2n) is 5.43. The number of methoxy groups -OCH3 is 1. The highest BCUT2D eigenvalue weighted by atomic mass is 16.5. The molecule has 15 heavy (non-hydrogen) atoms. The van der Waals surface area contributed by atoms with E-state index in [1.807, 2.05) is 7.11 Å². The molecule has 0 aliphatic carbocycles. The number of hydrogen-bond acceptors (Lipinski definition) is 3. The number of rotatable bonds is 2. The minimum Gasteiger partial charge on any atom is -0.377 e. The van der Waals surface area contributed by atoms with E-state index in [1.54, 1.807) is 0 Å². The van der Waals surface area contributed by atoms with Crippen molar-refractivity contribution in [2.45, 2.75) is 38.3 Å². The van der Waals surface area contributed by atoms with E-state index in [-0.39, 0.29) is 5.60 Å². The third-order valence-electron chi connectivity index (χ3n) is 4.13. The van der Waals surface area contributed by atoms with Crippen LogP contribution in [0.15, 0.2) is 0 Å². The van der Waals surface area contributed by atoms with Crippen LogP contribution >= 0.6 is 0 Å². The van der Waals surface area contributed by atoms with E-state index in [0.29, 0.717) is 0 Å². The molecule has 88 valence electrons. The van der Waals surface area contributed by atoms with Crippen LogP contribution in [0.4, 0.5) is 0 Å². The summed E-state index contributed by atoms with van der Waals surface area (Å²) in [6, 6.07) is 0.722. The fourth-order valence-electron chi connectivity index (χ4n) is 2.98. The lowest BCUT2D eigenvalue weighted by atomic mass is 9.92. The van der Waals surface area contributed by atoms with Gasteiger partial charge < -0.3 is 10.1 Å². The predicted octanol–water partition coefficient (Wildman–Crippen LogP) is 1.10. The van der Waals surface area contributed by atoms with Crippen molar-refractivity contribution in [1.82, 2.24) is 10.2 Å². The van der Waals surface area contributed by atoms with Gasteiger partial charge in [-0.25, -0.2) is 0 Å². The van der Waals surface area contributed by atoms with Crippen LogP contribution < -0.4 is 5.32 Å². The molecule has 0 saturated carbocycles. The molecule has 1 N–H and O–H groups in total. The van der Waals surface area contributed by atoms with Gasteiger partial charge in [0.25, 0.3) is 0 Å². The third-order valence-corrected chi connectivity index (χ3v) is 4.13. The van der Waals surface area contributed by atoms with Gasteiger partial charge in [0.2, 0.25) is 0 Å². The number of ether oxygens (including phenoxy) is 1. The maximum atomic E-state index is 5.64. The molecule has 0 aromatic rings. The van der Waals surface area contributed by atoms with Crippen LogP contribution in [-0.4, -0.2) is 49.8 Å². The summed E-state index contributed by atoms with van der Waals surface area (Å²) in [4.78, 5) is 2.62. The van der Waals surface area contributed by atoms with Gasteiger partial charge in [-0.3, -0.25) is 4.90 Å². The van der Waals surface area contributed by atoms with Gasteiger partial charge in [-0.1, -0.05) is 6.92 Å². The van der Waals surface area contributed by atoms with Crippen LogP contribution in [0.3, 0.4) is 0 Å². The standard InChI is InChI=1S/C12H24N2O/c1-10-7-13-8-11(10)14-6-4-5-12(2,9-14)15-3/h10-11,13H,4-9H2,1-3H3. The van der Waals surface area contributed by atoms with Crippen molar-refractivity contribution in [3.05, 3.63) is 0 Å². The first-order chi connectivity index (χ1) is 7.14. The minimum atomic E-state index is 0.0839. The summed E-state index contributed by atoms with van der Waals surface area (Å²) in [5.74, 6) is 0.782. The van der Waals surface area contributed by atoms with Crippen LogP contribution in [0.5, 0.6) is 0 Å². The fraction of sp³-hybridized carbons (Fsp3) is 1.00. The van der Waals surface area contributed by atoms with E-state index >= 15 is 0 Å². The van der Waals surface area contributed by atoms with Crippen molar-refractivity contribution >= 4 is 0 Å².